The summed E-state index contributed by atoms with van der Waals surface area (Å²) in [6.07, 6.45) is 1.56. The molecule has 0 atom stereocenters. The van der Waals surface area contributed by atoms with Gasteiger partial charge in [0.15, 0.2) is 0 Å². The Hall–Kier alpha value is -4.21. The first-order chi connectivity index (χ1) is 17.9. The van der Waals surface area contributed by atoms with E-state index in [1.165, 1.54) is 29.2 Å². The number of aryl methyl sites for hydroxylation is 2. The molecule has 0 aliphatic heterocycles. The number of rotatable bonds is 9. The quantitative estimate of drug-likeness (QED) is 0.266. The van der Waals surface area contributed by atoms with Gasteiger partial charge in [-0.15, -0.1) is 0 Å². The van der Waals surface area contributed by atoms with Crippen LogP contribution in [0.5, 0.6) is 0 Å². The van der Waals surface area contributed by atoms with Crippen LogP contribution in [0.3, 0.4) is 0 Å². The Balaban J connectivity index is 1.81. The molecule has 0 radical (unpaired) electrons. The molecule has 3 aromatic rings. The second-order valence-electron chi connectivity index (χ2n) is 10.4. The predicted molar refractivity (Wildman–Crippen MR) is 149 cm³/mol. The van der Waals surface area contributed by atoms with Crippen LogP contribution in [-0.2, 0) is 10.2 Å². The van der Waals surface area contributed by atoms with Crippen molar-refractivity contribution >= 4 is 29.1 Å². The molecule has 0 saturated heterocycles. The number of nitro groups is 1. The first kappa shape index (κ1) is 28.4. The summed E-state index contributed by atoms with van der Waals surface area (Å²) < 4.78 is 1.74. The van der Waals surface area contributed by atoms with E-state index >= 15 is 0 Å². The van der Waals surface area contributed by atoms with Crippen molar-refractivity contribution in [2.45, 2.75) is 59.8 Å². The average molecular weight is 521 g/mol. The van der Waals surface area contributed by atoms with Crippen molar-refractivity contribution in [1.29, 1.82) is 0 Å². The number of aromatic nitrogens is 2. The van der Waals surface area contributed by atoms with E-state index in [4.69, 9.17) is 5.10 Å². The maximum absolute atomic E-state index is 13.2. The van der Waals surface area contributed by atoms with Crippen molar-refractivity contribution in [3.8, 4) is 5.69 Å². The monoisotopic (exact) mass is 520 g/mol. The number of anilines is 2. The fourth-order valence-corrected chi connectivity index (χ4v) is 3.89. The summed E-state index contributed by atoms with van der Waals surface area (Å²) in [7, 11) is 0. The van der Waals surface area contributed by atoms with Crippen LogP contribution in [-0.4, -0.2) is 44.6 Å². The maximum Gasteiger partial charge on any atom is 0.322 e. The molecule has 10 heteroatoms. The number of nitrogens with zero attached hydrogens (tertiary/aromatic N) is 4. The van der Waals surface area contributed by atoms with Crippen LogP contribution in [0, 0.1) is 24.0 Å². The molecule has 1 aromatic heterocycles. The van der Waals surface area contributed by atoms with Gasteiger partial charge in [0.05, 0.1) is 16.3 Å². The summed E-state index contributed by atoms with van der Waals surface area (Å²) in [5.74, 6) is 0.171. The number of amides is 3. The highest BCUT2D eigenvalue weighted by Crippen LogP contribution is 2.28. The minimum atomic E-state index is -0.503. The molecule has 3 rings (SSSR count). The zero-order valence-corrected chi connectivity index (χ0v) is 22.9. The van der Waals surface area contributed by atoms with Crippen LogP contribution in [0.4, 0.5) is 22.0 Å². The first-order valence-corrected chi connectivity index (χ1v) is 12.7. The molecular weight excluding hydrogens is 484 g/mol. The van der Waals surface area contributed by atoms with E-state index in [0.29, 0.717) is 18.1 Å². The number of urea groups is 1. The van der Waals surface area contributed by atoms with Crippen molar-refractivity contribution in [2.24, 2.45) is 0 Å². The van der Waals surface area contributed by atoms with Gasteiger partial charge in [0, 0.05) is 35.8 Å². The molecule has 2 N–H and O–H groups in total. The molecule has 3 amide bonds. The zero-order chi connectivity index (χ0) is 28.0. The Morgan fingerprint density at radius 1 is 1.05 bits per heavy atom. The van der Waals surface area contributed by atoms with Gasteiger partial charge in [-0.05, 0) is 44.0 Å². The van der Waals surface area contributed by atoms with Gasteiger partial charge in [-0.25, -0.2) is 9.48 Å². The Kier molecular flexibility index (Phi) is 8.88. The second-order valence-corrected chi connectivity index (χ2v) is 10.4. The van der Waals surface area contributed by atoms with Gasteiger partial charge in [0.2, 0.25) is 5.91 Å². The molecule has 38 heavy (non-hydrogen) atoms. The zero-order valence-electron chi connectivity index (χ0n) is 22.9. The fourth-order valence-electron chi connectivity index (χ4n) is 3.89. The van der Waals surface area contributed by atoms with Gasteiger partial charge in [0.25, 0.3) is 5.69 Å². The minimum Gasteiger partial charge on any atom is -0.315 e. The molecule has 10 nitrogen and oxygen atoms in total. The van der Waals surface area contributed by atoms with Crippen molar-refractivity contribution in [3.63, 3.8) is 0 Å². The summed E-state index contributed by atoms with van der Waals surface area (Å²) in [5, 5.41) is 21.4. The summed E-state index contributed by atoms with van der Waals surface area (Å²) in [5.41, 5.74) is 3.94. The lowest BCUT2D eigenvalue weighted by atomic mass is 9.92. The second kappa shape index (κ2) is 11.9. The van der Waals surface area contributed by atoms with Crippen LogP contribution in [0.25, 0.3) is 5.69 Å². The van der Waals surface area contributed by atoms with E-state index in [0.717, 1.165) is 35.3 Å². The highest BCUT2D eigenvalue weighted by atomic mass is 16.6. The van der Waals surface area contributed by atoms with Crippen molar-refractivity contribution in [1.82, 2.24) is 14.7 Å². The topological polar surface area (TPSA) is 122 Å². The first-order valence-electron chi connectivity index (χ1n) is 12.7. The number of hydrogen-bond acceptors (Lipinski definition) is 5. The highest BCUT2D eigenvalue weighted by Gasteiger charge is 2.24. The molecule has 202 valence electrons. The number of nitro benzene ring substituents is 1. The fraction of sp³-hybridized carbons (Fsp3) is 0.393. The Bertz CT molecular complexity index is 1310. The standard InChI is InChI=1S/C28H36N6O4/c1-7-8-15-32(27(36)29-21-10-12-22(13-11-21)34(37)38)18-26(35)30-25-17-24(28(4,5)6)31-33(25)23-14-9-19(2)16-20(23)3/h9-14,16-17H,7-8,15,18H2,1-6H3,(H,29,36)(H,30,35). The van der Waals surface area contributed by atoms with E-state index in [1.807, 2.05) is 39.0 Å². The molecule has 0 aliphatic rings. The largest absolute Gasteiger partial charge is 0.322 e. The molecule has 0 aliphatic carbocycles. The summed E-state index contributed by atoms with van der Waals surface area (Å²) >= 11 is 0. The number of benzene rings is 2. The van der Waals surface area contributed by atoms with Crippen LogP contribution in [0.2, 0.25) is 0 Å². The van der Waals surface area contributed by atoms with Crippen molar-refractivity contribution in [3.05, 3.63) is 75.5 Å². The van der Waals surface area contributed by atoms with Gasteiger partial charge >= 0.3 is 6.03 Å². The van der Waals surface area contributed by atoms with E-state index in [2.05, 4.69) is 37.5 Å². The molecule has 1 heterocycles. The van der Waals surface area contributed by atoms with Gasteiger partial charge in [-0.1, -0.05) is 51.8 Å². The number of unbranched alkanes of at least 4 members (excludes halogenated alkanes) is 1. The van der Waals surface area contributed by atoms with Crippen molar-refractivity contribution in [2.75, 3.05) is 23.7 Å². The van der Waals surface area contributed by atoms with Crippen LogP contribution >= 0.6 is 0 Å². The molecule has 0 bridgehead atoms. The van der Waals surface area contributed by atoms with E-state index in [1.54, 1.807) is 4.68 Å². The van der Waals surface area contributed by atoms with Crippen LogP contribution < -0.4 is 10.6 Å². The minimum absolute atomic E-state index is 0.0692. The molecular formula is C28H36N6O4. The van der Waals surface area contributed by atoms with Gasteiger partial charge < -0.3 is 15.5 Å². The smallest absolute Gasteiger partial charge is 0.315 e. The number of non-ortho nitro benzene ring substituents is 1. The number of carbonyl (C=O) groups excluding carboxylic acids is 2. The Labute approximate surface area is 223 Å². The third-order valence-corrected chi connectivity index (χ3v) is 6.06. The summed E-state index contributed by atoms with van der Waals surface area (Å²) in [6, 6.07) is 13.0. The molecule has 0 unspecified atom stereocenters. The van der Waals surface area contributed by atoms with Crippen LogP contribution in [0.1, 0.15) is 57.4 Å². The lowest BCUT2D eigenvalue weighted by Crippen LogP contribution is -2.41. The number of nitrogens with one attached hydrogen (secondary N) is 2. The maximum atomic E-state index is 13.2. The lowest BCUT2D eigenvalue weighted by Gasteiger charge is -2.22. The Morgan fingerprint density at radius 2 is 1.74 bits per heavy atom. The normalized spacial score (nSPS) is 11.2. The van der Waals surface area contributed by atoms with Crippen LogP contribution in [0.15, 0.2) is 48.5 Å². The summed E-state index contributed by atoms with van der Waals surface area (Å²) in [6.45, 7) is 12.4. The average Bonchev–Trinajstić information content (AvgIpc) is 3.26. The van der Waals surface area contributed by atoms with E-state index in [9.17, 15) is 19.7 Å². The third-order valence-electron chi connectivity index (χ3n) is 6.06. The third kappa shape index (κ3) is 7.18. The predicted octanol–water partition coefficient (Wildman–Crippen LogP) is 5.97. The Morgan fingerprint density at radius 3 is 2.32 bits per heavy atom. The van der Waals surface area contributed by atoms with Crippen molar-refractivity contribution < 1.29 is 14.5 Å². The number of hydrogen-bond donors (Lipinski definition) is 2. The summed E-state index contributed by atoms with van der Waals surface area (Å²) in [4.78, 5) is 38.0. The molecule has 0 saturated carbocycles. The molecule has 0 spiro atoms. The highest BCUT2D eigenvalue weighted by molar-refractivity contribution is 5.96. The SMILES string of the molecule is CCCCN(CC(=O)Nc1cc(C(C)(C)C)nn1-c1ccc(C)cc1C)C(=O)Nc1ccc([N+](=O)[O-])cc1. The van der Waals surface area contributed by atoms with Gasteiger partial charge in [0.1, 0.15) is 12.4 Å². The molecule has 2 aromatic carbocycles. The van der Waals surface area contributed by atoms with E-state index < -0.39 is 11.0 Å². The van der Waals surface area contributed by atoms with Gasteiger partial charge in [-0.2, -0.15) is 5.10 Å². The van der Waals surface area contributed by atoms with E-state index in [-0.39, 0.29) is 23.6 Å². The molecule has 0 fully saturated rings. The van der Waals surface area contributed by atoms with Gasteiger partial charge in [-0.3, -0.25) is 14.9 Å². The number of carbonyl (C=O) groups is 2. The lowest BCUT2D eigenvalue weighted by molar-refractivity contribution is -0.384.